The van der Waals surface area contributed by atoms with Gasteiger partial charge in [-0.25, -0.2) is 0 Å². The number of carboxylic acid groups (broad SMARTS) is 1. The summed E-state index contributed by atoms with van der Waals surface area (Å²) in [5.74, 6) is 0.181. The number of carbonyl (C=O) groups is 1. The summed E-state index contributed by atoms with van der Waals surface area (Å²) in [6.45, 7) is 5.06. The van der Waals surface area contributed by atoms with Crippen LogP contribution in [0.3, 0.4) is 0 Å². The molecule has 0 unspecified atom stereocenters. The minimum absolute atomic E-state index is 0.833. The van der Waals surface area contributed by atoms with E-state index >= 15 is 0 Å². The summed E-state index contributed by atoms with van der Waals surface area (Å²) in [6, 6.07) is 1.95. The van der Waals surface area contributed by atoms with E-state index in [0.717, 1.165) is 12.7 Å². The first-order chi connectivity index (χ1) is 5.04. The van der Waals surface area contributed by atoms with Crippen molar-refractivity contribution in [3.63, 3.8) is 0 Å². The normalized spacial score (nSPS) is 8.27. The van der Waals surface area contributed by atoms with E-state index in [1.165, 1.54) is 5.56 Å². The van der Waals surface area contributed by atoms with Crippen molar-refractivity contribution in [1.29, 1.82) is 0 Å². The molecule has 1 rings (SSSR count). The zero-order valence-electron chi connectivity index (χ0n) is 6.92. The molecule has 0 aliphatic heterocycles. The van der Waals surface area contributed by atoms with Gasteiger partial charge in [0.15, 0.2) is 0 Å². The topological polar surface area (TPSA) is 50.4 Å². The molecular formula is C8H12O3. The SMILES string of the molecule is CC(=O)O.Cc1ccoc1C. The Hall–Kier alpha value is -1.25. The molecular weight excluding hydrogens is 144 g/mol. The van der Waals surface area contributed by atoms with Gasteiger partial charge in [-0.3, -0.25) is 4.79 Å². The Morgan fingerprint density at radius 2 is 2.00 bits per heavy atom. The first-order valence-electron chi connectivity index (χ1n) is 3.24. The van der Waals surface area contributed by atoms with E-state index in [9.17, 15) is 0 Å². The number of hydrogen-bond acceptors (Lipinski definition) is 2. The quantitative estimate of drug-likeness (QED) is 0.624. The molecule has 62 valence electrons. The highest BCUT2D eigenvalue weighted by Gasteiger charge is 1.88. The highest BCUT2D eigenvalue weighted by Crippen LogP contribution is 2.04. The van der Waals surface area contributed by atoms with Crippen LogP contribution in [0.25, 0.3) is 0 Å². The van der Waals surface area contributed by atoms with Gasteiger partial charge in [-0.15, -0.1) is 0 Å². The molecule has 0 aromatic carbocycles. The molecule has 1 aromatic heterocycles. The summed E-state index contributed by atoms with van der Waals surface area (Å²) < 4.78 is 4.96. The van der Waals surface area contributed by atoms with Crippen molar-refractivity contribution in [2.75, 3.05) is 0 Å². The molecule has 0 spiro atoms. The third-order valence-corrected chi connectivity index (χ3v) is 1.12. The van der Waals surface area contributed by atoms with Gasteiger partial charge in [0, 0.05) is 6.92 Å². The molecule has 0 aliphatic carbocycles. The number of carboxylic acids is 1. The predicted molar refractivity (Wildman–Crippen MR) is 41.5 cm³/mol. The van der Waals surface area contributed by atoms with Crippen LogP contribution in [0.15, 0.2) is 16.7 Å². The van der Waals surface area contributed by atoms with Gasteiger partial charge in [0.2, 0.25) is 0 Å². The number of furan rings is 1. The fraction of sp³-hybridized carbons (Fsp3) is 0.375. The zero-order valence-corrected chi connectivity index (χ0v) is 6.92. The molecule has 0 fully saturated rings. The van der Waals surface area contributed by atoms with E-state index in [2.05, 4.69) is 0 Å². The number of rotatable bonds is 0. The van der Waals surface area contributed by atoms with Crippen LogP contribution in [0.1, 0.15) is 18.2 Å². The fourth-order valence-electron chi connectivity index (χ4n) is 0.448. The van der Waals surface area contributed by atoms with E-state index in [4.69, 9.17) is 14.3 Å². The van der Waals surface area contributed by atoms with Gasteiger partial charge >= 0.3 is 0 Å². The van der Waals surface area contributed by atoms with E-state index in [1.54, 1.807) is 6.26 Å². The third kappa shape index (κ3) is 5.21. The van der Waals surface area contributed by atoms with Crippen molar-refractivity contribution in [1.82, 2.24) is 0 Å². The van der Waals surface area contributed by atoms with Gasteiger partial charge in [-0.1, -0.05) is 0 Å². The molecule has 0 saturated carbocycles. The molecule has 1 heterocycles. The van der Waals surface area contributed by atoms with Gasteiger partial charge in [0.25, 0.3) is 5.97 Å². The van der Waals surface area contributed by atoms with Crippen molar-refractivity contribution < 1.29 is 14.3 Å². The summed E-state index contributed by atoms with van der Waals surface area (Å²) in [4.78, 5) is 9.00. The monoisotopic (exact) mass is 156 g/mol. The fourth-order valence-corrected chi connectivity index (χ4v) is 0.448. The summed E-state index contributed by atoms with van der Waals surface area (Å²) in [5, 5.41) is 7.42. The maximum atomic E-state index is 9.00. The maximum Gasteiger partial charge on any atom is 0.300 e. The van der Waals surface area contributed by atoms with Gasteiger partial charge in [0.05, 0.1) is 6.26 Å². The van der Waals surface area contributed by atoms with Crippen LogP contribution in [0.4, 0.5) is 0 Å². The molecule has 0 atom stereocenters. The standard InChI is InChI=1S/C6H8O.C2H4O2/c1-5-3-4-7-6(5)2;1-2(3)4/h3-4H,1-2H3;1H3,(H,3,4). The lowest BCUT2D eigenvalue weighted by molar-refractivity contribution is -0.134. The van der Waals surface area contributed by atoms with Crippen molar-refractivity contribution in [2.24, 2.45) is 0 Å². The Morgan fingerprint density at radius 3 is 2.09 bits per heavy atom. The van der Waals surface area contributed by atoms with Crippen LogP contribution >= 0.6 is 0 Å². The Balaban J connectivity index is 0.000000218. The van der Waals surface area contributed by atoms with Gasteiger partial charge < -0.3 is 9.52 Å². The lowest BCUT2D eigenvalue weighted by Gasteiger charge is -1.79. The second kappa shape index (κ2) is 4.55. The summed E-state index contributed by atoms with van der Waals surface area (Å²) in [6.07, 6.45) is 1.70. The van der Waals surface area contributed by atoms with Crippen LogP contribution < -0.4 is 0 Å². The Labute approximate surface area is 65.6 Å². The smallest absolute Gasteiger partial charge is 0.300 e. The average molecular weight is 156 g/mol. The minimum atomic E-state index is -0.833. The highest BCUT2D eigenvalue weighted by molar-refractivity contribution is 5.62. The maximum absolute atomic E-state index is 9.00. The first-order valence-corrected chi connectivity index (χ1v) is 3.24. The Morgan fingerprint density at radius 1 is 1.55 bits per heavy atom. The van der Waals surface area contributed by atoms with Crippen LogP contribution in [-0.2, 0) is 4.79 Å². The lowest BCUT2D eigenvalue weighted by atomic mass is 10.3. The number of hydrogen-bond donors (Lipinski definition) is 1. The van der Waals surface area contributed by atoms with E-state index in [-0.39, 0.29) is 0 Å². The van der Waals surface area contributed by atoms with Crippen LogP contribution in [0.2, 0.25) is 0 Å². The Bertz CT molecular complexity index is 204. The van der Waals surface area contributed by atoms with Crippen molar-refractivity contribution in [3.8, 4) is 0 Å². The van der Waals surface area contributed by atoms with Crippen molar-refractivity contribution >= 4 is 5.97 Å². The first kappa shape index (κ1) is 9.75. The zero-order chi connectivity index (χ0) is 8.85. The largest absolute Gasteiger partial charge is 0.481 e. The molecule has 0 aliphatic rings. The van der Waals surface area contributed by atoms with Crippen molar-refractivity contribution in [3.05, 3.63) is 23.7 Å². The summed E-state index contributed by atoms with van der Waals surface area (Å²) in [5.41, 5.74) is 1.22. The second-order valence-corrected chi connectivity index (χ2v) is 2.18. The Kier molecular flexibility index (Phi) is 4.03. The highest BCUT2D eigenvalue weighted by atomic mass is 16.4. The summed E-state index contributed by atoms with van der Waals surface area (Å²) >= 11 is 0. The van der Waals surface area contributed by atoms with E-state index in [0.29, 0.717) is 0 Å². The van der Waals surface area contributed by atoms with Crippen LogP contribution in [0.5, 0.6) is 0 Å². The van der Waals surface area contributed by atoms with Gasteiger partial charge in [-0.2, -0.15) is 0 Å². The van der Waals surface area contributed by atoms with Gasteiger partial charge in [0.1, 0.15) is 5.76 Å². The van der Waals surface area contributed by atoms with Crippen molar-refractivity contribution in [2.45, 2.75) is 20.8 Å². The van der Waals surface area contributed by atoms with Crippen LogP contribution in [0, 0.1) is 13.8 Å². The second-order valence-electron chi connectivity index (χ2n) is 2.18. The van der Waals surface area contributed by atoms with Gasteiger partial charge in [-0.05, 0) is 25.5 Å². The molecule has 0 radical (unpaired) electrons. The molecule has 1 aromatic rings. The third-order valence-electron chi connectivity index (χ3n) is 1.12. The predicted octanol–water partition coefficient (Wildman–Crippen LogP) is 1.99. The molecule has 0 bridgehead atoms. The van der Waals surface area contributed by atoms with Crippen LogP contribution in [-0.4, -0.2) is 11.1 Å². The minimum Gasteiger partial charge on any atom is -0.481 e. The average Bonchev–Trinajstić information content (AvgIpc) is 2.15. The number of aliphatic carboxylic acids is 1. The molecule has 1 N–H and O–H groups in total. The summed E-state index contributed by atoms with van der Waals surface area (Å²) in [7, 11) is 0. The molecule has 3 nitrogen and oxygen atoms in total. The number of aryl methyl sites for hydroxylation is 2. The molecule has 0 saturated heterocycles. The molecule has 3 heteroatoms. The lowest BCUT2D eigenvalue weighted by Crippen LogP contribution is -1.78. The molecule has 11 heavy (non-hydrogen) atoms. The van der Waals surface area contributed by atoms with E-state index < -0.39 is 5.97 Å². The van der Waals surface area contributed by atoms with E-state index in [1.807, 2.05) is 19.9 Å². The molecule has 0 amide bonds.